The molecule has 3 rings (SSSR count). The van der Waals surface area contributed by atoms with E-state index in [2.05, 4.69) is 4.90 Å². The lowest BCUT2D eigenvalue weighted by Crippen LogP contribution is -2.48. The number of anilines is 1. The monoisotopic (exact) mass is 313 g/mol. The van der Waals surface area contributed by atoms with Gasteiger partial charge in [-0.1, -0.05) is 24.3 Å². The van der Waals surface area contributed by atoms with E-state index in [0.29, 0.717) is 13.1 Å². The Morgan fingerprint density at radius 2 is 1.65 bits per heavy atom. The van der Waals surface area contributed by atoms with Gasteiger partial charge in [-0.15, -0.1) is 0 Å². The number of carbonyl (C=O) groups is 1. The van der Waals surface area contributed by atoms with Gasteiger partial charge in [0.2, 0.25) is 0 Å². The predicted octanol–water partition coefficient (Wildman–Crippen LogP) is 2.37. The van der Waals surface area contributed by atoms with Crippen LogP contribution in [0, 0.1) is 5.82 Å². The SMILES string of the molecule is Nc1ccc(CN2CCN(C(=O)c3ccccc3F)CC2)cc1. The summed E-state index contributed by atoms with van der Waals surface area (Å²) in [5, 5.41) is 0. The maximum atomic E-state index is 13.7. The summed E-state index contributed by atoms with van der Waals surface area (Å²) in [6.07, 6.45) is 0. The quantitative estimate of drug-likeness (QED) is 0.885. The maximum absolute atomic E-state index is 13.7. The van der Waals surface area contributed by atoms with E-state index in [9.17, 15) is 9.18 Å². The first-order chi connectivity index (χ1) is 11.1. The zero-order valence-corrected chi connectivity index (χ0v) is 12.9. The Hall–Kier alpha value is -2.40. The number of amides is 1. The summed E-state index contributed by atoms with van der Waals surface area (Å²) >= 11 is 0. The van der Waals surface area contributed by atoms with E-state index in [1.807, 2.05) is 24.3 Å². The molecule has 0 atom stereocenters. The van der Waals surface area contributed by atoms with Crippen LogP contribution < -0.4 is 5.73 Å². The number of rotatable bonds is 3. The highest BCUT2D eigenvalue weighted by molar-refractivity contribution is 5.94. The Morgan fingerprint density at radius 3 is 2.30 bits per heavy atom. The fraction of sp³-hybridized carbons (Fsp3) is 0.278. The highest BCUT2D eigenvalue weighted by Crippen LogP contribution is 2.14. The Bertz CT molecular complexity index is 679. The molecule has 2 N–H and O–H groups in total. The minimum atomic E-state index is -0.457. The summed E-state index contributed by atoms with van der Waals surface area (Å²) in [5.41, 5.74) is 7.80. The van der Waals surface area contributed by atoms with Crippen molar-refractivity contribution < 1.29 is 9.18 Å². The number of carbonyl (C=O) groups excluding carboxylic acids is 1. The van der Waals surface area contributed by atoms with Crippen LogP contribution in [-0.2, 0) is 6.54 Å². The predicted molar refractivity (Wildman–Crippen MR) is 88.4 cm³/mol. The Kier molecular flexibility index (Phi) is 4.57. The normalized spacial score (nSPS) is 15.6. The van der Waals surface area contributed by atoms with Crippen molar-refractivity contribution in [2.45, 2.75) is 6.54 Å². The van der Waals surface area contributed by atoms with Crippen LogP contribution in [0.4, 0.5) is 10.1 Å². The van der Waals surface area contributed by atoms with Gasteiger partial charge in [0.1, 0.15) is 5.82 Å². The molecule has 120 valence electrons. The van der Waals surface area contributed by atoms with Gasteiger partial charge in [-0.05, 0) is 29.8 Å². The summed E-state index contributed by atoms with van der Waals surface area (Å²) < 4.78 is 13.7. The van der Waals surface area contributed by atoms with E-state index in [1.54, 1.807) is 23.1 Å². The molecule has 0 bridgehead atoms. The van der Waals surface area contributed by atoms with Gasteiger partial charge in [-0.2, -0.15) is 0 Å². The van der Waals surface area contributed by atoms with E-state index < -0.39 is 5.82 Å². The molecule has 2 aromatic carbocycles. The van der Waals surface area contributed by atoms with Crippen molar-refractivity contribution >= 4 is 11.6 Å². The van der Waals surface area contributed by atoms with E-state index in [4.69, 9.17) is 5.73 Å². The average Bonchev–Trinajstić information content (AvgIpc) is 2.57. The number of nitrogen functional groups attached to an aromatic ring is 1. The first kappa shape index (κ1) is 15.5. The standard InChI is InChI=1S/C18H20FN3O/c19-17-4-2-1-3-16(17)18(23)22-11-9-21(10-12-22)13-14-5-7-15(20)8-6-14/h1-8H,9-13,20H2. The van der Waals surface area contributed by atoms with Crippen LogP contribution in [0.15, 0.2) is 48.5 Å². The number of hydrogen-bond acceptors (Lipinski definition) is 3. The van der Waals surface area contributed by atoms with Crippen molar-refractivity contribution in [3.8, 4) is 0 Å². The molecule has 4 nitrogen and oxygen atoms in total. The van der Waals surface area contributed by atoms with Gasteiger partial charge in [0.25, 0.3) is 5.91 Å². The molecule has 1 amide bonds. The summed E-state index contributed by atoms with van der Waals surface area (Å²) in [6, 6.07) is 14.0. The van der Waals surface area contributed by atoms with Crippen molar-refractivity contribution in [3.63, 3.8) is 0 Å². The van der Waals surface area contributed by atoms with Gasteiger partial charge in [0, 0.05) is 38.4 Å². The first-order valence-electron chi connectivity index (χ1n) is 7.74. The van der Waals surface area contributed by atoms with Crippen LogP contribution in [0.25, 0.3) is 0 Å². The molecule has 2 aromatic rings. The lowest BCUT2D eigenvalue weighted by atomic mass is 10.1. The van der Waals surface area contributed by atoms with Crippen molar-refractivity contribution in [3.05, 3.63) is 65.5 Å². The van der Waals surface area contributed by atoms with Crippen LogP contribution in [0.5, 0.6) is 0 Å². The molecule has 0 aliphatic carbocycles. The second kappa shape index (κ2) is 6.79. The second-order valence-corrected chi connectivity index (χ2v) is 5.79. The van der Waals surface area contributed by atoms with Gasteiger partial charge in [-0.3, -0.25) is 9.69 Å². The second-order valence-electron chi connectivity index (χ2n) is 5.79. The van der Waals surface area contributed by atoms with Crippen LogP contribution >= 0.6 is 0 Å². The zero-order valence-electron chi connectivity index (χ0n) is 12.9. The molecule has 0 saturated carbocycles. The fourth-order valence-electron chi connectivity index (χ4n) is 2.80. The Labute approximate surface area is 135 Å². The lowest BCUT2D eigenvalue weighted by molar-refractivity contribution is 0.0624. The molecule has 1 aliphatic rings. The topological polar surface area (TPSA) is 49.6 Å². The van der Waals surface area contributed by atoms with Gasteiger partial charge in [0.05, 0.1) is 5.56 Å². The summed E-state index contributed by atoms with van der Waals surface area (Å²) in [5.74, 6) is -0.683. The Morgan fingerprint density at radius 1 is 1.00 bits per heavy atom. The zero-order chi connectivity index (χ0) is 16.2. The molecule has 0 aromatic heterocycles. The molecule has 0 spiro atoms. The average molecular weight is 313 g/mol. The Balaban J connectivity index is 1.57. The minimum absolute atomic E-state index is 0.152. The minimum Gasteiger partial charge on any atom is -0.399 e. The largest absolute Gasteiger partial charge is 0.399 e. The number of benzene rings is 2. The fourth-order valence-corrected chi connectivity index (χ4v) is 2.80. The molecule has 0 unspecified atom stereocenters. The number of halogens is 1. The van der Waals surface area contributed by atoms with Crippen molar-refractivity contribution in [1.29, 1.82) is 0 Å². The molecule has 1 aliphatic heterocycles. The number of hydrogen-bond donors (Lipinski definition) is 1. The van der Waals surface area contributed by atoms with Crippen molar-refractivity contribution in [1.82, 2.24) is 9.80 Å². The van der Waals surface area contributed by atoms with Crippen LogP contribution in [0.1, 0.15) is 15.9 Å². The van der Waals surface area contributed by atoms with Crippen molar-refractivity contribution in [2.24, 2.45) is 0 Å². The third-order valence-corrected chi connectivity index (χ3v) is 4.15. The van der Waals surface area contributed by atoms with Crippen LogP contribution in [0.3, 0.4) is 0 Å². The maximum Gasteiger partial charge on any atom is 0.256 e. The van der Waals surface area contributed by atoms with E-state index in [-0.39, 0.29) is 11.5 Å². The van der Waals surface area contributed by atoms with Crippen LogP contribution in [-0.4, -0.2) is 41.9 Å². The van der Waals surface area contributed by atoms with Gasteiger partial charge in [-0.25, -0.2) is 4.39 Å². The highest BCUT2D eigenvalue weighted by atomic mass is 19.1. The molecule has 1 saturated heterocycles. The molecular formula is C18H20FN3O. The van der Waals surface area contributed by atoms with E-state index >= 15 is 0 Å². The van der Waals surface area contributed by atoms with Gasteiger partial charge in [0.15, 0.2) is 0 Å². The van der Waals surface area contributed by atoms with E-state index in [1.165, 1.54) is 11.6 Å². The van der Waals surface area contributed by atoms with E-state index in [0.717, 1.165) is 25.3 Å². The van der Waals surface area contributed by atoms with Crippen LogP contribution in [0.2, 0.25) is 0 Å². The van der Waals surface area contributed by atoms with Crippen molar-refractivity contribution in [2.75, 3.05) is 31.9 Å². The number of nitrogens with two attached hydrogens (primary N) is 1. The van der Waals surface area contributed by atoms with Gasteiger partial charge >= 0.3 is 0 Å². The molecular weight excluding hydrogens is 293 g/mol. The highest BCUT2D eigenvalue weighted by Gasteiger charge is 2.23. The summed E-state index contributed by atoms with van der Waals surface area (Å²) in [4.78, 5) is 16.4. The third-order valence-electron chi connectivity index (χ3n) is 4.15. The van der Waals surface area contributed by atoms with Gasteiger partial charge < -0.3 is 10.6 Å². The summed E-state index contributed by atoms with van der Waals surface area (Å²) in [7, 11) is 0. The summed E-state index contributed by atoms with van der Waals surface area (Å²) in [6.45, 7) is 3.63. The third kappa shape index (κ3) is 3.68. The molecule has 1 fully saturated rings. The first-order valence-corrected chi connectivity index (χ1v) is 7.74. The molecule has 5 heteroatoms. The molecule has 1 heterocycles. The molecule has 0 radical (unpaired) electrons. The lowest BCUT2D eigenvalue weighted by Gasteiger charge is -2.34. The molecule has 23 heavy (non-hydrogen) atoms. The number of nitrogens with zero attached hydrogens (tertiary/aromatic N) is 2. The smallest absolute Gasteiger partial charge is 0.256 e. The number of piperazine rings is 1.